The smallest absolute Gasteiger partial charge is 1.00 e. The van der Waals surface area contributed by atoms with E-state index in [1.807, 2.05) is 0 Å². The van der Waals surface area contributed by atoms with Gasteiger partial charge >= 0.3 is 41.0 Å². The van der Waals surface area contributed by atoms with Gasteiger partial charge in [0.15, 0.2) is 0 Å². The predicted octanol–water partition coefficient (Wildman–Crippen LogP) is 5.43. The summed E-state index contributed by atoms with van der Waals surface area (Å²) in [5.74, 6) is 0. The Hall–Kier alpha value is -1.80. The first-order valence-electron chi connectivity index (χ1n) is 14.5. The molecule has 0 amide bonds. The summed E-state index contributed by atoms with van der Waals surface area (Å²) in [6.45, 7) is 24.7. The van der Waals surface area contributed by atoms with Gasteiger partial charge in [0, 0.05) is 0 Å². The monoisotopic (exact) mass is 766 g/mol. The number of rotatable bonds is 1. The zero-order valence-corrected chi connectivity index (χ0v) is 32.5. The minimum absolute atomic E-state index is 0. The van der Waals surface area contributed by atoms with E-state index in [4.69, 9.17) is 0 Å². The minimum Gasteiger partial charge on any atom is -1.00 e. The third-order valence-corrected chi connectivity index (χ3v) is 7.15. The Morgan fingerprint density at radius 1 is 0.595 bits per heavy atom. The maximum Gasteiger partial charge on any atom is -1.00 e. The second kappa shape index (κ2) is 15.3. The van der Waals surface area contributed by atoms with Crippen LogP contribution in [0.4, 0.5) is 0 Å². The summed E-state index contributed by atoms with van der Waals surface area (Å²) in [4.78, 5) is 0. The van der Waals surface area contributed by atoms with Gasteiger partial charge in [0.05, 0.1) is 0 Å². The molecule has 0 nitrogen and oxygen atoms in total. The average Bonchev–Trinajstić information content (AvgIpc) is 3.50. The molecule has 5 aromatic carbocycles. The van der Waals surface area contributed by atoms with E-state index < -0.39 is 0 Å². The molecule has 0 bridgehead atoms. The van der Waals surface area contributed by atoms with Crippen LogP contribution in [-0.4, -0.2) is 3.26 Å². The van der Waals surface area contributed by atoms with E-state index in [9.17, 15) is 0 Å². The number of benzene rings is 3. The van der Waals surface area contributed by atoms with E-state index in [0.717, 1.165) is 0 Å². The van der Waals surface area contributed by atoms with Gasteiger partial charge in [0.1, 0.15) is 0 Å². The number of fused-ring (bicyclic) bond motifs is 3. The van der Waals surface area contributed by atoms with E-state index in [2.05, 4.69) is 167 Å². The fraction of sp³-hybridized carbons (Fsp3) is 0.359. The summed E-state index contributed by atoms with van der Waals surface area (Å²) in [5, 5.41) is 5.48. The molecule has 0 N–H and O–H groups in total. The molecule has 0 aromatic heterocycles. The fourth-order valence-corrected chi connectivity index (χ4v) is 4.90. The van der Waals surface area contributed by atoms with Crippen molar-refractivity contribution in [1.82, 2.24) is 0 Å². The number of hydrogen-bond acceptors (Lipinski definition) is 0. The molecule has 0 unspecified atom stereocenters. The third kappa shape index (κ3) is 10.1. The van der Waals surface area contributed by atoms with E-state index in [-0.39, 0.29) is 41.1 Å². The number of halogens is 2. The Labute approximate surface area is 282 Å². The molecule has 0 aliphatic carbocycles. The van der Waals surface area contributed by atoms with Crippen molar-refractivity contribution in [2.75, 3.05) is 0 Å². The Kier molecular flexibility index (Phi) is 13.9. The van der Waals surface area contributed by atoms with Crippen LogP contribution in [0.3, 0.4) is 0 Å². The number of hydrogen-bond donors (Lipinski definition) is 0. The summed E-state index contributed by atoms with van der Waals surface area (Å²) in [5.41, 5.74) is 7.51. The van der Waals surface area contributed by atoms with Gasteiger partial charge in [-0.1, -0.05) is 133 Å². The second-order valence-corrected chi connectivity index (χ2v) is 17.8. The first-order chi connectivity index (χ1) is 18.5. The first-order valence-corrected chi connectivity index (χ1v) is 16.3. The molecule has 42 heavy (non-hydrogen) atoms. The molecule has 0 fully saturated rings. The summed E-state index contributed by atoms with van der Waals surface area (Å²) in [7, 11) is 0. The molecule has 0 radical (unpaired) electrons. The van der Waals surface area contributed by atoms with Gasteiger partial charge in [-0.25, -0.2) is 0 Å². The summed E-state index contributed by atoms with van der Waals surface area (Å²) < 4.78 is 1.56. The Balaban J connectivity index is 0.000000371. The maximum atomic E-state index is 2.35. The quantitative estimate of drug-likeness (QED) is 0.158. The molecule has 5 aromatic rings. The van der Waals surface area contributed by atoms with Crippen LogP contribution in [0.25, 0.3) is 32.7 Å². The van der Waals surface area contributed by atoms with Crippen LogP contribution in [0.15, 0.2) is 91.0 Å². The van der Waals surface area contributed by atoms with Gasteiger partial charge in [0.2, 0.25) is 0 Å². The Morgan fingerprint density at radius 2 is 1.05 bits per heavy atom. The SMILES string of the molecule is CC(C)(C)c1ccc2c(c1)[cH-]c1cc(C(C)(C)C)ccc12.CC(C)(C)c1ccccc1-c1ccc[cH-]1.C[C](C)=[Hf+2].[Cl-].[Cl-]. The van der Waals surface area contributed by atoms with Crippen molar-refractivity contribution in [2.24, 2.45) is 0 Å². The molecule has 224 valence electrons. The first kappa shape index (κ1) is 38.2. The van der Waals surface area contributed by atoms with Crippen molar-refractivity contribution < 1.29 is 48.7 Å². The van der Waals surface area contributed by atoms with Gasteiger partial charge < -0.3 is 24.8 Å². The van der Waals surface area contributed by atoms with Crippen molar-refractivity contribution in [3.05, 3.63) is 108 Å². The zero-order valence-electron chi connectivity index (χ0n) is 27.4. The van der Waals surface area contributed by atoms with Gasteiger partial charge in [-0.05, 0) is 16.2 Å². The summed E-state index contributed by atoms with van der Waals surface area (Å²) in [6, 6.07) is 33.4. The van der Waals surface area contributed by atoms with E-state index in [1.165, 1.54) is 73.3 Å². The van der Waals surface area contributed by atoms with Crippen LogP contribution in [0.1, 0.15) is 92.9 Å². The standard InChI is InChI=1S/C21H25.C15H17.C3H6.2ClH.Hf/c1-20(2,3)16-7-9-18-14(12-16)11-15-13-17(21(4,5)6)8-10-19(15)18;1-15(2,3)14-11-7-6-10-13(14)12-8-4-5-9-12;1-3-2;;;/h7-13H,1-6H3;4-11H,1-3H3;1-2H3;2*1H;/q2*-1;;;;+2/p-2. The van der Waals surface area contributed by atoms with Crippen LogP contribution in [0.2, 0.25) is 0 Å². The van der Waals surface area contributed by atoms with Crippen molar-refractivity contribution in [2.45, 2.75) is 92.4 Å². The molecule has 0 aliphatic rings. The average molecular weight is 766 g/mol. The molecular formula is C39H48Cl2Hf-2. The van der Waals surface area contributed by atoms with E-state index in [0.29, 0.717) is 0 Å². The zero-order chi connectivity index (χ0) is 29.9. The summed E-state index contributed by atoms with van der Waals surface area (Å²) in [6.07, 6.45) is 0. The van der Waals surface area contributed by atoms with Gasteiger partial charge in [0.25, 0.3) is 0 Å². The van der Waals surface area contributed by atoms with Crippen molar-refractivity contribution >= 4 is 24.8 Å². The van der Waals surface area contributed by atoms with Crippen LogP contribution in [-0.2, 0) is 40.1 Å². The minimum atomic E-state index is 0. The molecule has 0 atom stereocenters. The second-order valence-electron chi connectivity index (χ2n) is 14.2. The normalized spacial score (nSPS) is 11.5. The van der Waals surface area contributed by atoms with Gasteiger partial charge in [-0.15, -0.1) is 51.4 Å². The summed E-state index contributed by atoms with van der Waals surface area (Å²) >= 11 is 1.27. The Bertz CT molecular complexity index is 1490. The van der Waals surface area contributed by atoms with Crippen LogP contribution in [0, 0.1) is 0 Å². The third-order valence-electron chi connectivity index (χ3n) is 7.15. The van der Waals surface area contributed by atoms with E-state index >= 15 is 0 Å². The van der Waals surface area contributed by atoms with Crippen LogP contribution < -0.4 is 24.8 Å². The molecule has 0 heterocycles. The molecular weight excluding hydrogens is 718 g/mol. The van der Waals surface area contributed by atoms with Crippen molar-refractivity contribution in [3.8, 4) is 11.1 Å². The van der Waals surface area contributed by atoms with Crippen molar-refractivity contribution in [3.63, 3.8) is 0 Å². The molecule has 0 saturated carbocycles. The fourth-order valence-electron chi connectivity index (χ4n) is 4.90. The van der Waals surface area contributed by atoms with Gasteiger partial charge in [-0.2, -0.15) is 18.2 Å². The predicted molar refractivity (Wildman–Crippen MR) is 177 cm³/mol. The largest absolute Gasteiger partial charge is 1.00 e. The van der Waals surface area contributed by atoms with Crippen molar-refractivity contribution in [1.29, 1.82) is 0 Å². The van der Waals surface area contributed by atoms with Crippen LogP contribution >= 0.6 is 0 Å². The Morgan fingerprint density at radius 3 is 1.43 bits per heavy atom. The van der Waals surface area contributed by atoms with Gasteiger partial charge in [-0.3, -0.25) is 0 Å². The molecule has 0 spiro atoms. The van der Waals surface area contributed by atoms with Crippen LogP contribution in [0.5, 0.6) is 0 Å². The maximum absolute atomic E-state index is 2.35. The molecule has 0 aliphatic heterocycles. The topological polar surface area (TPSA) is 0 Å². The molecule has 3 heteroatoms. The molecule has 0 saturated heterocycles. The van der Waals surface area contributed by atoms with E-state index in [1.54, 1.807) is 3.26 Å². The molecule has 5 rings (SSSR count).